The number of halogens is 3. The minimum Gasteiger partial charge on any atom is -0.406 e. The Morgan fingerprint density at radius 1 is 1.00 bits per heavy atom. The number of hydrogen-bond acceptors (Lipinski definition) is 5. The van der Waals surface area contributed by atoms with Crippen LogP contribution < -0.4 is 4.74 Å². The van der Waals surface area contributed by atoms with Gasteiger partial charge in [0.2, 0.25) is 0 Å². The van der Waals surface area contributed by atoms with Crippen molar-refractivity contribution < 1.29 is 27.4 Å². The summed E-state index contributed by atoms with van der Waals surface area (Å²) in [6.45, 7) is 1.13. The molecule has 192 valence electrons. The smallest absolute Gasteiger partial charge is 0.406 e. The quantitative estimate of drug-likeness (QED) is 0.495. The number of nitrogens with zero attached hydrogens (tertiary/aromatic N) is 3. The molecule has 2 aliphatic rings. The van der Waals surface area contributed by atoms with Gasteiger partial charge in [-0.05, 0) is 80.3 Å². The Bertz CT molecular complexity index is 1200. The molecular weight excluding hydrogens is 473 g/mol. The third-order valence-electron chi connectivity index (χ3n) is 7.39. The fourth-order valence-corrected chi connectivity index (χ4v) is 5.43. The van der Waals surface area contributed by atoms with E-state index in [1.54, 1.807) is 18.2 Å². The van der Waals surface area contributed by atoms with Gasteiger partial charge in [-0.2, -0.15) is 0 Å². The minimum absolute atomic E-state index is 0.192. The maximum Gasteiger partial charge on any atom is 0.573 e. The highest BCUT2D eigenvalue weighted by molar-refractivity contribution is 5.94. The molecule has 1 amide bonds. The molecule has 36 heavy (non-hydrogen) atoms. The van der Waals surface area contributed by atoms with Crippen LogP contribution in [-0.4, -0.2) is 58.4 Å². The number of likely N-dealkylation sites (tertiary alicyclic amines) is 1. The van der Waals surface area contributed by atoms with Gasteiger partial charge in [0, 0.05) is 37.9 Å². The Hall–Kier alpha value is -3.14. The Kier molecular flexibility index (Phi) is 6.87. The fraction of sp³-hybridized carbons (Fsp3) is 0.500. The number of imidazole rings is 1. The molecular formula is C26H29F3N4O3. The second-order valence-electron chi connectivity index (χ2n) is 9.57. The first-order valence-electron chi connectivity index (χ1n) is 12.3. The number of aromatic amines is 1. The number of benzene rings is 1. The third kappa shape index (κ3) is 5.33. The van der Waals surface area contributed by atoms with Gasteiger partial charge in [-0.3, -0.25) is 4.79 Å². The van der Waals surface area contributed by atoms with Crippen LogP contribution >= 0.6 is 0 Å². The van der Waals surface area contributed by atoms with E-state index in [-0.39, 0.29) is 17.6 Å². The van der Waals surface area contributed by atoms with Crippen LogP contribution in [-0.2, 0) is 4.74 Å². The van der Waals surface area contributed by atoms with Gasteiger partial charge in [-0.25, -0.2) is 9.97 Å². The molecule has 3 aromatic rings. The van der Waals surface area contributed by atoms with Gasteiger partial charge >= 0.3 is 6.36 Å². The number of rotatable bonds is 5. The van der Waals surface area contributed by atoms with Crippen molar-refractivity contribution in [2.24, 2.45) is 0 Å². The Morgan fingerprint density at radius 2 is 1.69 bits per heavy atom. The number of pyridine rings is 1. The minimum atomic E-state index is -4.76. The van der Waals surface area contributed by atoms with E-state index in [1.807, 2.05) is 6.07 Å². The number of nitrogens with one attached hydrogen (secondary N) is 1. The van der Waals surface area contributed by atoms with Gasteiger partial charge in [0.05, 0.1) is 11.6 Å². The Balaban J connectivity index is 1.23. The third-order valence-corrected chi connectivity index (χ3v) is 7.39. The number of fused-ring (bicyclic) bond motifs is 1. The maximum atomic E-state index is 12.9. The molecule has 3 heterocycles. The van der Waals surface area contributed by atoms with E-state index in [0.717, 1.165) is 55.5 Å². The lowest BCUT2D eigenvalue weighted by Crippen LogP contribution is -2.38. The van der Waals surface area contributed by atoms with Crippen molar-refractivity contribution in [3.63, 3.8) is 0 Å². The summed E-state index contributed by atoms with van der Waals surface area (Å²) in [5.41, 5.74) is 3.23. The number of hydrogen-bond donors (Lipinski definition) is 1. The summed E-state index contributed by atoms with van der Waals surface area (Å²) in [5, 5.41) is 0. The van der Waals surface area contributed by atoms with Crippen LogP contribution in [0, 0.1) is 0 Å². The monoisotopic (exact) mass is 502 g/mol. The van der Waals surface area contributed by atoms with Gasteiger partial charge in [0.1, 0.15) is 11.6 Å². The van der Waals surface area contributed by atoms with E-state index in [0.29, 0.717) is 30.7 Å². The molecule has 1 aromatic carbocycles. The number of carbonyl (C=O) groups is 1. The highest BCUT2D eigenvalue weighted by atomic mass is 19.4. The SMILES string of the molecule is COC1CCC(c2nc3nccc(C4CCN(C(=O)c5ccc(OC(F)(F)F)cc5)CC4)c3[nH]2)CC1. The molecule has 2 fully saturated rings. The van der Waals surface area contributed by atoms with E-state index >= 15 is 0 Å². The number of piperidine rings is 1. The van der Waals surface area contributed by atoms with Crippen LogP contribution in [0.4, 0.5) is 13.2 Å². The van der Waals surface area contributed by atoms with E-state index in [1.165, 1.54) is 29.8 Å². The zero-order valence-corrected chi connectivity index (χ0v) is 20.1. The molecule has 0 radical (unpaired) electrons. The van der Waals surface area contributed by atoms with Crippen LogP contribution in [0.1, 0.15) is 72.1 Å². The Labute approximate surface area is 207 Å². The zero-order chi connectivity index (χ0) is 25.3. The first-order chi connectivity index (χ1) is 17.3. The van der Waals surface area contributed by atoms with Crippen LogP contribution in [0.15, 0.2) is 36.5 Å². The molecule has 1 aliphatic carbocycles. The molecule has 0 spiro atoms. The van der Waals surface area contributed by atoms with Gasteiger partial charge < -0.3 is 19.4 Å². The summed E-state index contributed by atoms with van der Waals surface area (Å²) in [7, 11) is 1.77. The lowest BCUT2D eigenvalue weighted by Gasteiger charge is -2.32. The molecule has 10 heteroatoms. The van der Waals surface area contributed by atoms with Gasteiger partial charge in [-0.15, -0.1) is 13.2 Å². The van der Waals surface area contributed by atoms with Gasteiger partial charge in [0.25, 0.3) is 5.91 Å². The highest BCUT2D eigenvalue weighted by Gasteiger charge is 2.32. The number of aromatic nitrogens is 3. The van der Waals surface area contributed by atoms with E-state index < -0.39 is 6.36 Å². The molecule has 1 saturated carbocycles. The summed E-state index contributed by atoms with van der Waals surface area (Å²) in [4.78, 5) is 27.5. The summed E-state index contributed by atoms with van der Waals surface area (Å²) in [6, 6.07) is 7.10. The van der Waals surface area contributed by atoms with E-state index in [2.05, 4.69) is 14.7 Å². The number of amides is 1. The second-order valence-corrected chi connectivity index (χ2v) is 9.57. The summed E-state index contributed by atoms with van der Waals surface area (Å²) < 4.78 is 46.5. The Morgan fingerprint density at radius 3 is 2.33 bits per heavy atom. The molecule has 0 unspecified atom stereocenters. The lowest BCUT2D eigenvalue weighted by atomic mass is 9.87. The first-order valence-corrected chi connectivity index (χ1v) is 12.3. The predicted molar refractivity (Wildman–Crippen MR) is 127 cm³/mol. The lowest BCUT2D eigenvalue weighted by molar-refractivity contribution is -0.274. The zero-order valence-electron chi connectivity index (χ0n) is 20.1. The normalized spacial score (nSPS) is 21.6. The maximum absolute atomic E-state index is 12.9. The van der Waals surface area contributed by atoms with Crippen LogP contribution in [0.5, 0.6) is 5.75 Å². The average Bonchev–Trinajstić information content (AvgIpc) is 3.33. The number of methoxy groups -OCH3 is 1. The summed E-state index contributed by atoms with van der Waals surface area (Å²) in [5.74, 6) is 1.10. The van der Waals surface area contributed by atoms with Crippen LogP contribution in [0.2, 0.25) is 0 Å². The van der Waals surface area contributed by atoms with Crippen molar-refractivity contribution in [1.29, 1.82) is 0 Å². The van der Waals surface area contributed by atoms with Crippen molar-refractivity contribution in [1.82, 2.24) is 19.9 Å². The molecule has 7 nitrogen and oxygen atoms in total. The number of alkyl halides is 3. The van der Waals surface area contributed by atoms with E-state index in [4.69, 9.17) is 9.72 Å². The highest BCUT2D eigenvalue weighted by Crippen LogP contribution is 2.36. The van der Waals surface area contributed by atoms with Crippen molar-refractivity contribution in [3.8, 4) is 5.75 Å². The van der Waals surface area contributed by atoms with Crippen molar-refractivity contribution in [2.75, 3.05) is 20.2 Å². The largest absolute Gasteiger partial charge is 0.573 e. The van der Waals surface area contributed by atoms with Crippen molar-refractivity contribution in [3.05, 3.63) is 53.5 Å². The molecule has 2 aromatic heterocycles. The van der Waals surface area contributed by atoms with Crippen LogP contribution in [0.3, 0.4) is 0 Å². The van der Waals surface area contributed by atoms with Gasteiger partial charge in [0.15, 0.2) is 5.65 Å². The topological polar surface area (TPSA) is 80.3 Å². The fourth-order valence-electron chi connectivity index (χ4n) is 5.43. The van der Waals surface area contributed by atoms with E-state index in [9.17, 15) is 18.0 Å². The number of carbonyl (C=O) groups excluding carboxylic acids is 1. The molecule has 1 N–H and O–H groups in total. The average molecular weight is 503 g/mol. The first kappa shape index (κ1) is 24.5. The van der Waals surface area contributed by atoms with Crippen LogP contribution in [0.25, 0.3) is 11.2 Å². The van der Waals surface area contributed by atoms with Crippen molar-refractivity contribution in [2.45, 2.75) is 62.8 Å². The molecule has 1 aliphatic heterocycles. The molecule has 1 saturated heterocycles. The molecule has 5 rings (SSSR count). The predicted octanol–water partition coefficient (Wildman–Crippen LogP) is 5.55. The number of H-pyrrole nitrogens is 1. The summed E-state index contributed by atoms with van der Waals surface area (Å²) in [6.07, 6.45) is 3.08. The standard InChI is InChI=1S/C26H29F3N4O3/c1-35-19-6-2-17(3-7-19)23-31-22-21(10-13-30-24(22)32-23)16-11-14-33(15-12-16)25(34)18-4-8-20(9-5-18)36-26(27,28)29/h4-5,8-10,13,16-17,19H,2-3,6-7,11-12,14-15H2,1H3,(H,30,31,32). The summed E-state index contributed by atoms with van der Waals surface area (Å²) >= 11 is 0. The molecule has 0 bridgehead atoms. The number of ether oxygens (including phenoxy) is 2. The van der Waals surface area contributed by atoms with Gasteiger partial charge in [-0.1, -0.05) is 0 Å². The van der Waals surface area contributed by atoms with Crippen molar-refractivity contribution >= 4 is 17.1 Å². The molecule has 0 atom stereocenters. The second kappa shape index (κ2) is 10.1.